The molecule has 0 aromatic heterocycles. The number of hydrogen-bond acceptors (Lipinski definition) is 15. The predicted octanol–water partition coefficient (Wildman–Crippen LogP) is 2.75. The van der Waals surface area contributed by atoms with Crippen LogP contribution in [-0.4, -0.2) is 116 Å². The van der Waals surface area contributed by atoms with Crippen molar-refractivity contribution in [3.8, 4) is 0 Å². The van der Waals surface area contributed by atoms with E-state index in [2.05, 4.69) is 17.2 Å². The van der Waals surface area contributed by atoms with Crippen molar-refractivity contribution in [3.05, 3.63) is 131 Å². The molecule has 5 aliphatic rings. The first kappa shape index (κ1) is 44.6. The van der Waals surface area contributed by atoms with E-state index >= 15 is 4.79 Å². The van der Waals surface area contributed by atoms with Gasteiger partial charge in [-0.25, -0.2) is 9.59 Å². The number of nitrogens with one attached hydrogen (secondary N) is 2. The summed E-state index contributed by atoms with van der Waals surface area (Å²) in [5.41, 5.74) is -12.6. The van der Waals surface area contributed by atoms with Gasteiger partial charge in [0.15, 0.2) is 35.3 Å². The molecule has 0 unspecified atom stereocenters. The summed E-state index contributed by atoms with van der Waals surface area (Å²) in [5, 5.41) is 44.3. The Bertz CT molecular complexity index is 2460. The van der Waals surface area contributed by atoms with E-state index in [1.807, 2.05) is 0 Å². The molecule has 1 saturated carbocycles. The van der Waals surface area contributed by atoms with Crippen molar-refractivity contribution in [1.82, 2.24) is 10.6 Å². The third-order valence-electron chi connectivity index (χ3n) is 14.4. The second-order valence-electron chi connectivity index (χ2n) is 17.6. The number of rotatable bonds is 11. The monoisotopic (exact) mass is 878 g/mol. The highest BCUT2D eigenvalue weighted by molar-refractivity contribution is 5.99. The normalized spacial score (nSPS) is 35.5. The Kier molecular flexibility index (Phi) is 10.9. The molecule has 3 aromatic rings. The third kappa shape index (κ3) is 6.14. The number of hydrogen-bond donors (Lipinski definition) is 5. The standard InChI is InChI=1S/C48H50N2O14/c1-7-45(64-41(58)36(54)35(29-17-11-8-12-18-29)49-39(56)30-19-13-9-14-20-30)24-46(59)42(62-40(57)31-21-15-10-16-22-31)48-43(5,32(53)23-33-47(48,25-60-33)63-28(4)52)38(55)37(61-27(3)51)34(26(45)2)44(46,6)50-48/h7-22,32-33,35-37,42,50,53-54,59H,1,23-25H2,2-6H3,(H,49,56)/t32-,33+,35-,36+,37+,42+,43-,44-,45+,46+,47-,48+/m0/s1. The Labute approximate surface area is 368 Å². The maximum atomic E-state index is 15.7. The van der Waals surface area contributed by atoms with Crippen molar-refractivity contribution in [1.29, 1.82) is 0 Å². The number of amides is 1. The Morgan fingerprint density at radius 1 is 0.891 bits per heavy atom. The molecular formula is C48H50N2O14. The van der Waals surface area contributed by atoms with Crippen molar-refractivity contribution in [2.45, 2.75) is 112 Å². The lowest BCUT2D eigenvalue weighted by Crippen LogP contribution is -2.90. The van der Waals surface area contributed by atoms with Crippen LogP contribution in [0.4, 0.5) is 0 Å². The Balaban J connectivity index is 1.33. The van der Waals surface area contributed by atoms with Gasteiger partial charge in [0.2, 0.25) is 0 Å². The Morgan fingerprint density at radius 3 is 2.03 bits per heavy atom. The Morgan fingerprint density at radius 2 is 1.48 bits per heavy atom. The number of esters is 4. The molecule has 3 heterocycles. The lowest BCUT2D eigenvalue weighted by Gasteiger charge is -2.68. The van der Waals surface area contributed by atoms with Gasteiger partial charge < -0.3 is 44.3 Å². The fourth-order valence-electron chi connectivity index (χ4n) is 11.2. The van der Waals surface area contributed by atoms with Crippen LogP contribution in [0.15, 0.2) is 115 Å². The van der Waals surface area contributed by atoms with Crippen LogP contribution < -0.4 is 10.6 Å². The average molecular weight is 879 g/mol. The molecule has 336 valence electrons. The van der Waals surface area contributed by atoms with Crippen LogP contribution in [-0.2, 0) is 42.9 Å². The van der Waals surface area contributed by atoms with Crippen LogP contribution in [0, 0.1) is 5.41 Å². The van der Waals surface area contributed by atoms with E-state index in [9.17, 15) is 39.3 Å². The summed E-state index contributed by atoms with van der Waals surface area (Å²) in [5.74, 6) is -5.57. The lowest BCUT2D eigenvalue weighted by atomic mass is 9.45. The molecule has 2 aliphatic carbocycles. The summed E-state index contributed by atoms with van der Waals surface area (Å²) >= 11 is 0. The largest absolute Gasteiger partial charge is 0.453 e. The van der Waals surface area contributed by atoms with E-state index in [4.69, 9.17) is 23.7 Å². The van der Waals surface area contributed by atoms with Crippen molar-refractivity contribution >= 4 is 35.6 Å². The zero-order valence-corrected chi connectivity index (χ0v) is 35.9. The van der Waals surface area contributed by atoms with Gasteiger partial charge in [-0.1, -0.05) is 73.3 Å². The van der Waals surface area contributed by atoms with Crippen LogP contribution >= 0.6 is 0 Å². The number of Topliss-reactive ketones (excluding diaryl/α,β-unsaturated/α-hetero) is 1. The maximum Gasteiger partial charge on any atom is 0.338 e. The number of benzene rings is 3. The van der Waals surface area contributed by atoms with Crippen molar-refractivity contribution in [2.75, 3.05) is 6.61 Å². The fourth-order valence-corrected chi connectivity index (χ4v) is 11.2. The topological polar surface area (TPSA) is 233 Å². The molecule has 12 atom stereocenters. The number of ether oxygens (including phenoxy) is 5. The molecule has 3 aromatic carbocycles. The third-order valence-corrected chi connectivity index (χ3v) is 14.4. The summed E-state index contributed by atoms with van der Waals surface area (Å²) in [4.78, 5) is 84.6. The summed E-state index contributed by atoms with van der Waals surface area (Å²) in [6, 6.07) is 22.7. The number of carbonyl (C=O) groups is 6. The second kappa shape index (κ2) is 15.6. The number of carbonyl (C=O) groups excluding carboxylic acids is 6. The van der Waals surface area contributed by atoms with E-state index in [0.29, 0.717) is 5.56 Å². The number of fused-ring (bicyclic) bond motifs is 1. The minimum absolute atomic E-state index is 0.0248. The zero-order chi connectivity index (χ0) is 46.2. The van der Waals surface area contributed by atoms with Crippen LogP contribution in [0.3, 0.4) is 0 Å². The smallest absolute Gasteiger partial charge is 0.338 e. The van der Waals surface area contributed by atoms with Gasteiger partial charge in [-0.05, 0) is 62.2 Å². The first-order valence-corrected chi connectivity index (χ1v) is 20.9. The highest BCUT2D eigenvalue weighted by Crippen LogP contribution is 2.70. The summed E-state index contributed by atoms with van der Waals surface area (Å²) in [6.45, 7) is 10.2. The molecule has 0 radical (unpaired) electrons. The molecule has 16 nitrogen and oxygen atoms in total. The minimum Gasteiger partial charge on any atom is -0.453 e. The average Bonchev–Trinajstić information content (AvgIpc) is 3.43. The zero-order valence-electron chi connectivity index (χ0n) is 35.9. The molecule has 2 bridgehead atoms. The Hall–Kier alpha value is -6.04. The van der Waals surface area contributed by atoms with Gasteiger partial charge in [0.25, 0.3) is 5.91 Å². The molecule has 4 fully saturated rings. The van der Waals surface area contributed by atoms with E-state index < -0.39 is 112 Å². The van der Waals surface area contributed by atoms with Crippen molar-refractivity contribution in [3.63, 3.8) is 0 Å². The molecule has 3 aliphatic heterocycles. The first-order valence-electron chi connectivity index (χ1n) is 20.9. The van der Waals surface area contributed by atoms with Crippen LogP contribution in [0.2, 0.25) is 0 Å². The van der Waals surface area contributed by atoms with Gasteiger partial charge in [-0.2, -0.15) is 0 Å². The van der Waals surface area contributed by atoms with Crippen molar-refractivity contribution < 1.29 is 67.8 Å². The minimum atomic E-state index is -2.54. The van der Waals surface area contributed by atoms with Crippen LogP contribution in [0.25, 0.3) is 0 Å². The lowest BCUT2D eigenvalue weighted by molar-refractivity contribution is -0.342. The number of ketones is 1. The van der Waals surface area contributed by atoms with Crippen LogP contribution in [0.1, 0.15) is 79.8 Å². The van der Waals surface area contributed by atoms with Gasteiger partial charge in [0.05, 0.1) is 35.3 Å². The molecular weight excluding hydrogens is 829 g/mol. The number of aliphatic hydroxyl groups is 3. The molecule has 16 heteroatoms. The van der Waals surface area contributed by atoms with Crippen LogP contribution in [0.5, 0.6) is 0 Å². The highest BCUT2D eigenvalue weighted by atomic mass is 16.6. The summed E-state index contributed by atoms with van der Waals surface area (Å²) < 4.78 is 30.8. The van der Waals surface area contributed by atoms with Gasteiger partial charge in [-0.15, -0.1) is 0 Å². The SMILES string of the molecule is C=C[C@@]1(OC(=O)[C@H](O)[C@@H](NC(=O)c2ccccc2)c2ccccc2)C[C@@]2(O)[C@@H](OC(=O)c3ccccc3)[C@@]34N[C@@]2(C)C(=C1C)[C@@H](OC(C)=O)C(=O)[C@]3(C)[C@@H](O)C[C@H]1OC[C@]14OC(C)=O. The highest BCUT2D eigenvalue weighted by Gasteiger charge is 2.91. The van der Waals surface area contributed by atoms with Gasteiger partial charge >= 0.3 is 23.9 Å². The quantitative estimate of drug-likeness (QED) is 0.106. The van der Waals surface area contributed by atoms with E-state index in [1.165, 1.54) is 39.0 Å². The molecule has 1 amide bonds. The number of aliphatic hydroxyl groups excluding tert-OH is 2. The molecule has 64 heavy (non-hydrogen) atoms. The van der Waals surface area contributed by atoms with E-state index in [-0.39, 0.29) is 35.3 Å². The molecule has 1 spiro atoms. The van der Waals surface area contributed by atoms with Gasteiger partial charge in [0, 0.05) is 37.8 Å². The summed E-state index contributed by atoms with van der Waals surface area (Å²) in [7, 11) is 0. The summed E-state index contributed by atoms with van der Waals surface area (Å²) in [6.07, 6.45) is -8.52. The molecule has 5 N–H and O–H groups in total. The predicted molar refractivity (Wildman–Crippen MR) is 224 cm³/mol. The van der Waals surface area contributed by atoms with E-state index in [0.717, 1.165) is 13.8 Å². The first-order chi connectivity index (χ1) is 30.3. The van der Waals surface area contributed by atoms with Gasteiger partial charge in [-0.3, -0.25) is 24.5 Å². The van der Waals surface area contributed by atoms with E-state index in [1.54, 1.807) is 78.9 Å². The second-order valence-corrected chi connectivity index (χ2v) is 17.6. The molecule has 8 rings (SSSR count). The van der Waals surface area contributed by atoms with Gasteiger partial charge in [0.1, 0.15) is 17.2 Å². The maximum absolute atomic E-state index is 15.7. The van der Waals surface area contributed by atoms with Crippen molar-refractivity contribution in [2.24, 2.45) is 5.41 Å². The fraction of sp³-hybridized carbons (Fsp3) is 0.417. The molecule has 3 saturated heterocycles.